The van der Waals surface area contributed by atoms with Crippen molar-refractivity contribution in [2.24, 2.45) is 5.41 Å². The van der Waals surface area contributed by atoms with E-state index >= 15 is 0 Å². The topological polar surface area (TPSA) is 21.3 Å². The van der Waals surface area contributed by atoms with Crippen LogP contribution in [-0.4, -0.2) is 25.3 Å². The monoisotopic (exact) mass is 215 g/mol. The predicted octanol–water partition coefficient (Wildman–Crippen LogP) is 3.22. The third-order valence-corrected chi connectivity index (χ3v) is 3.00. The molecule has 1 atom stereocenters. The van der Waals surface area contributed by atoms with Crippen molar-refractivity contribution < 1.29 is 4.74 Å². The Labute approximate surface area is 95.8 Å². The van der Waals surface area contributed by atoms with E-state index in [4.69, 9.17) is 4.74 Å². The van der Waals surface area contributed by atoms with Gasteiger partial charge >= 0.3 is 0 Å². The number of hydrogen-bond donors (Lipinski definition) is 1. The van der Waals surface area contributed by atoms with Gasteiger partial charge in [0.2, 0.25) is 0 Å². The zero-order valence-electron chi connectivity index (χ0n) is 11.6. The van der Waals surface area contributed by atoms with E-state index in [2.05, 4.69) is 46.9 Å². The van der Waals surface area contributed by atoms with Gasteiger partial charge in [0.15, 0.2) is 0 Å². The molecule has 0 aliphatic rings. The van der Waals surface area contributed by atoms with Crippen molar-refractivity contribution in [3.8, 4) is 0 Å². The van der Waals surface area contributed by atoms with Crippen molar-refractivity contribution in [2.45, 2.75) is 66.0 Å². The Kier molecular flexibility index (Phi) is 5.82. The maximum Gasteiger partial charge on any atom is 0.0774 e. The van der Waals surface area contributed by atoms with Crippen molar-refractivity contribution in [3.63, 3.8) is 0 Å². The Bertz CT molecular complexity index is 170. The summed E-state index contributed by atoms with van der Waals surface area (Å²) in [4.78, 5) is 0. The molecular formula is C13H29NO. The van der Waals surface area contributed by atoms with E-state index in [0.717, 1.165) is 13.0 Å². The van der Waals surface area contributed by atoms with Crippen LogP contribution in [0, 0.1) is 5.41 Å². The average Bonchev–Trinajstić information content (AvgIpc) is 2.10. The summed E-state index contributed by atoms with van der Waals surface area (Å²) in [6.45, 7) is 14.3. The van der Waals surface area contributed by atoms with Crippen LogP contribution in [0.25, 0.3) is 0 Å². The zero-order valence-corrected chi connectivity index (χ0v) is 11.6. The highest BCUT2D eigenvalue weighted by Crippen LogP contribution is 2.26. The third-order valence-electron chi connectivity index (χ3n) is 3.00. The molecule has 0 aromatic heterocycles. The van der Waals surface area contributed by atoms with Gasteiger partial charge in [-0.15, -0.1) is 0 Å². The third kappa shape index (κ3) is 6.16. The highest BCUT2D eigenvalue weighted by atomic mass is 16.5. The van der Waals surface area contributed by atoms with E-state index in [0.29, 0.717) is 11.5 Å². The molecule has 0 fully saturated rings. The molecule has 0 aliphatic carbocycles. The smallest absolute Gasteiger partial charge is 0.0774 e. The summed E-state index contributed by atoms with van der Waals surface area (Å²) in [6, 6.07) is 0.437. The van der Waals surface area contributed by atoms with Gasteiger partial charge in [-0.05, 0) is 38.6 Å². The largest absolute Gasteiger partial charge is 0.377 e. The summed E-state index contributed by atoms with van der Waals surface area (Å²) >= 11 is 0. The van der Waals surface area contributed by atoms with E-state index in [9.17, 15) is 0 Å². The van der Waals surface area contributed by atoms with E-state index < -0.39 is 0 Å². The van der Waals surface area contributed by atoms with Crippen molar-refractivity contribution in [1.29, 1.82) is 0 Å². The molecule has 0 bridgehead atoms. The SMILES string of the molecule is CCNC(CCC(C)(C)C)C(C)(C)OC. The maximum atomic E-state index is 5.56. The summed E-state index contributed by atoms with van der Waals surface area (Å²) in [7, 11) is 1.79. The lowest BCUT2D eigenvalue weighted by Crippen LogP contribution is -2.48. The van der Waals surface area contributed by atoms with Gasteiger partial charge in [0.1, 0.15) is 0 Å². The lowest BCUT2D eigenvalue weighted by molar-refractivity contribution is -0.0146. The zero-order chi connectivity index (χ0) is 12.1. The van der Waals surface area contributed by atoms with Crippen molar-refractivity contribution in [2.75, 3.05) is 13.7 Å². The Balaban J connectivity index is 4.28. The second kappa shape index (κ2) is 5.86. The van der Waals surface area contributed by atoms with Gasteiger partial charge in [0.25, 0.3) is 0 Å². The molecule has 0 saturated carbocycles. The molecule has 0 saturated heterocycles. The highest BCUT2D eigenvalue weighted by molar-refractivity contribution is 4.86. The van der Waals surface area contributed by atoms with Crippen LogP contribution in [0.4, 0.5) is 0 Å². The number of nitrogens with one attached hydrogen (secondary N) is 1. The fourth-order valence-electron chi connectivity index (χ4n) is 1.66. The Morgan fingerprint density at radius 1 is 1.13 bits per heavy atom. The Morgan fingerprint density at radius 3 is 2.00 bits per heavy atom. The number of methoxy groups -OCH3 is 1. The summed E-state index contributed by atoms with van der Waals surface area (Å²) in [5.41, 5.74) is 0.318. The Hall–Kier alpha value is -0.0800. The van der Waals surface area contributed by atoms with Crippen molar-refractivity contribution in [1.82, 2.24) is 5.32 Å². The first-order chi connectivity index (χ1) is 6.73. The summed E-state index contributed by atoms with van der Waals surface area (Å²) < 4.78 is 5.56. The quantitative estimate of drug-likeness (QED) is 0.734. The molecule has 0 aliphatic heterocycles. The lowest BCUT2D eigenvalue weighted by Gasteiger charge is -2.35. The van der Waals surface area contributed by atoms with Crippen LogP contribution < -0.4 is 5.32 Å². The average molecular weight is 215 g/mol. The standard InChI is InChI=1S/C13H29NO/c1-8-14-11(13(5,6)15-7)9-10-12(2,3)4/h11,14H,8-10H2,1-7H3. The van der Waals surface area contributed by atoms with Crippen LogP contribution in [0.1, 0.15) is 54.4 Å². The minimum atomic E-state index is -0.0821. The van der Waals surface area contributed by atoms with Gasteiger partial charge in [0.05, 0.1) is 5.60 Å². The van der Waals surface area contributed by atoms with Gasteiger partial charge in [0, 0.05) is 13.2 Å². The van der Waals surface area contributed by atoms with Crippen LogP contribution in [0.2, 0.25) is 0 Å². The van der Waals surface area contributed by atoms with E-state index in [1.807, 2.05) is 0 Å². The number of hydrogen-bond acceptors (Lipinski definition) is 2. The fourth-order valence-corrected chi connectivity index (χ4v) is 1.66. The molecular weight excluding hydrogens is 186 g/mol. The van der Waals surface area contributed by atoms with Crippen LogP contribution in [-0.2, 0) is 4.74 Å². The van der Waals surface area contributed by atoms with E-state index in [-0.39, 0.29) is 5.60 Å². The van der Waals surface area contributed by atoms with Crippen LogP contribution in [0.5, 0.6) is 0 Å². The second-order valence-corrected chi connectivity index (χ2v) is 6.02. The normalized spacial score (nSPS) is 15.4. The molecule has 0 heterocycles. The number of rotatable bonds is 6. The summed E-state index contributed by atoms with van der Waals surface area (Å²) in [5.74, 6) is 0. The molecule has 0 amide bonds. The van der Waals surface area contributed by atoms with Crippen molar-refractivity contribution >= 4 is 0 Å². The van der Waals surface area contributed by atoms with Crippen molar-refractivity contribution in [3.05, 3.63) is 0 Å². The molecule has 2 nitrogen and oxygen atoms in total. The molecule has 0 spiro atoms. The first-order valence-corrected chi connectivity index (χ1v) is 6.01. The van der Waals surface area contributed by atoms with Gasteiger partial charge in [-0.1, -0.05) is 27.7 Å². The molecule has 92 valence electrons. The molecule has 0 aromatic carbocycles. The van der Waals surface area contributed by atoms with E-state index in [1.165, 1.54) is 6.42 Å². The Morgan fingerprint density at radius 2 is 1.67 bits per heavy atom. The summed E-state index contributed by atoms with van der Waals surface area (Å²) in [5, 5.41) is 3.52. The maximum absolute atomic E-state index is 5.56. The van der Waals surface area contributed by atoms with Gasteiger partial charge in [-0.2, -0.15) is 0 Å². The molecule has 1 unspecified atom stereocenters. The predicted molar refractivity (Wildman–Crippen MR) is 67.2 cm³/mol. The molecule has 0 aromatic rings. The summed E-state index contributed by atoms with van der Waals surface area (Å²) in [6.07, 6.45) is 2.38. The van der Waals surface area contributed by atoms with E-state index in [1.54, 1.807) is 7.11 Å². The first-order valence-electron chi connectivity index (χ1n) is 6.01. The minimum absolute atomic E-state index is 0.0821. The van der Waals surface area contributed by atoms with Crippen LogP contribution in [0.3, 0.4) is 0 Å². The minimum Gasteiger partial charge on any atom is -0.377 e. The van der Waals surface area contributed by atoms with Gasteiger partial charge < -0.3 is 10.1 Å². The van der Waals surface area contributed by atoms with Crippen LogP contribution in [0.15, 0.2) is 0 Å². The fraction of sp³-hybridized carbons (Fsp3) is 1.00. The molecule has 1 N–H and O–H groups in total. The van der Waals surface area contributed by atoms with Gasteiger partial charge in [-0.3, -0.25) is 0 Å². The van der Waals surface area contributed by atoms with Crippen LogP contribution >= 0.6 is 0 Å². The second-order valence-electron chi connectivity index (χ2n) is 6.02. The molecule has 0 radical (unpaired) electrons. The highest BCUT2D eigenvalue weighted by Gasteiger charge is 2.29. The molecule has 2 heteroatoms. The lowest BCUT2D eigenvalue weighted by atomic mass is 9.84. The first kappa shape index (κ1) is 14.9. The molecule has 15 heavy (non-hydrogen) atoms. The number of ether oxygens (including phenoxy) is 1. The van der Waals surface area contributed by atoms with Gasteiger partial charge in [-0.25, -0.2) is 0 Å². The molecule has 0 rings (SSSR count). The number of likely N-dealkylation sites (N-methyl/N-ethyl adjacent to an activating group) is 1.